The summed E-state index contributed by atoms with van der Waals surface area (Å²) < 4.78 is 0. The normalized spacial score (nSPS) is 10.5. The molecule has 1 aromatic carbocycles. The van der Waals surface area contributed by atoms with Gasteiger partial charge in [0.2, 0.25) is 0 Å². The van der Waals surface area contributed by atoms with Crippen molar-refractivity contribution in [1.82, 2.24) is 9.88 Å². The lowest BCUT2D eigenvalue weighted by molar-refractivity contribution is -0.137. The Bertz CT molecular complexity index is 793. The molecule has 0 bridgehead atoms. The van der Waals surface area contributed by atoms with E-state index in [4.69, 9.17) is 0 Å². The number of H-pyrrole nitrogens is 1. The molecule has 0 radical (unpaired) electrons. The van der Waals surface area contributed by atoms with Gasteiger partial charge in [-0.2, -0.15) is 0 Å². The number of hydrogen-bond donors (Lipinski definition) is 2. The maximum absolute atomic E-state index is 13.0. The lowest BCUT2D eigenvalue weighted by atomic mass is 10.0. The van der Waals surface area contributed by atoms with E-state index in [0.29, 0.717) is 28.9 Å². The minimum atomic E-state index is -1.09. The Morgan fingerprint density at radius 3 is 2.32 bits per heavy atom. The van der Waals surface area contributed by atoms with Crippen molar-refractivity contribution in [2.45, 2.75) is 33.7 Å². The van der Waals surface area contributed by atoms with Crippen molar-refractivity contribution in [2.24, 2.45) is 0 Å². The molecule has 0 atom stereocenters. The molecule has 0 aliphatic carbocycles. The van der Waals surface area contributed by atoms with E-state index in [-0.39, 0.29) is 12.3 Å². The van der Waals surface area contributed by atoms with Gasteiger partial charge in [0, 0.05) is 17.8 Å². The Kier molecular flexibility index (Phi) is 5.75. The number of nitrogens with one attached hydrogen (secondary N) is 1. The van der Waals surface area contributed by atoms with Crippen LogP contribution in [0.3, 0.4) is 0 Å². The number of aryl methyl sites for hydroxylation is 1. The van der Waals surface area contributed by atoms with E-state index < -0.39 is 18.4 Å². The van der Waals surface area contributed by atoms with E-state index >= 15 is 0 Å². The molecule has 0 fully saturated rings. The smallest absolute Gasteiger partial charge is 0.323 e. The van der Waals surface area contributed by atoms with E-state index in [1.165, 1.54) is 11.8 Å². The average Bonchev–Trinajstić information content (AvgIpc) is 2.90. The SMILES string of the molecule is CCc1c(C(=O)N(CC(=O)O)Cc2ccccc2)[nH]c(C)c1C(C)=O. The highest BCUT2D eigenvalue weighted by atomic mass is 16.4. The van der Waals surface area contributed by atoms with Crippen LogP contribution in [0.5, 0.6) is 0 Å². The molecule has 2 aromatic rings. The number of aliphatic carboxylic acids is 1. The highest BCUT2D eigenvalue weighted by Gasteiger charge is 2.26. The highest BCUT2D eigenvalue weighted by Crippen LogP contribution is 2.22. The quantitative estimate of drug-likeness (QED) is 0.757. The average molecular weight is 342 g/mol. The lowest BCUT2D eigenvalue weighted by Gasteiger charge is -2.21. The van der Waals surface area contributed by atoms with Gasteiger partial charge < -0.3 is 15.0 Å². The fourth-order valence-corrected chi connectivity index (χ4v) is 3.01. The number of hydrogen-bond acceptors (Lipinski definition) is 3. The van der Waals surface area contributed by atoms with Gasteiger partial charge in [0.15, 0.2) is 5.78 Å². The Balaban J connectivity index is 2.41. The Labute approximate surface area is 146 Å². The number of aromatic nitrogens is 1. The van der Waals surface area contributed by atoms with Crippen LogP contribution in [0.15, 0.2) is 30.3 Å². The molecule has 0 aliphatic heterocycles. The van der Waals surface area contributed by atoms with Crippen molar-refractivity contribution in [3.8, 4) is 0 Å². The molecular formula is C19H22N2O4. The second kappa shape index (κ2) is 7.79. The molecule has 132 valence electrons. The number of nitrogens with zero attached hydrogens (tertiary/aromatic N) is 1. The zero-order valence-corrected chi connectivity index (χ0v) is 14.6. The molecule has 1 amide bonds. The van der Waals surface area contributed by atoms with Gasteiger partial charge in [-0.3, -0.25) is 14.4 Å². The predicted octanol–water partition coefficient (Wildman–Crippen LogP) is 2.82. The number of carbonyl (C=O) groups is 3. The molecule has 1 heterocycles. The van der Waals surface area contributed by atoms with Crippen LogP contribution >= 0.6 is 0 Å². The van der Waals surface area contributed by atoms with Crippen LogP contribution in [0, 0.1) is 6.92 Å². The van der Waals surface area contributed by atoms with Gasteiger partial charge in [-0.15, -0.1) is 0 Å². The predicted molar refractivity (Wildman–Crippen MR) is 93.7 cm³/mol. The van der Waals surface area contributed by atoms with Gasteiger partial charge in [0.05, 0.1) is 0 Å². The number of carboxylic acids is 1. The maximum Gasteiger partial charge on any atom is 0.323 e. The fourth-order valence-electron chi connectivity index (χ4n) is 3.01. The number of carbonyl (C=O) groups excluding carboxylic acids is 2. The number of amides is 1. The molecule has 2 rings (SSSR count). The number of aromatic amines is 1. The van der Waals surface area contributed by atoms with Crippen molar-refractivity contribution in [1.29, 1.82) is 0 Å². The van der Waals surface area contributed by atoms with E-state index in [9.17, 15) is 19.5 Å². The first-order valence-corrected chi connectivity index (χ1v) is 8.12. The molecule has 25 heavy (non-hydrogen) atoms. The van der Waals surface area contributed by atoms with Crippen LogP contribution in [0.1, 0.15) is 51.5 Å². The van der Waals surface area contributed by atoms with E-state index in [1.54, 1.807) is 6.92 Å². The first kappa shape index (κ1) is 18.4. The summed E-state index contributed by atoms with van der Waals surface area (Å²) in [6.45, 7) is 4.84. The summed E-state index contributed by atoms with van der Waals surface area (Å²) in [5, 5.41) is 9.17. The largest absolute Gasteiger partial charge is 0.480 e. The molecule has 0 spiro atoms. The fraction of sp³-hybridized carbons (Fsp3) is 0.316. The van der Waals surface area contributed by atoms with Crippen LogP contribution in [0.25, 0.3) is 0 Å². The Morgan fingerprint density at radius 2 is 1.80 bits per heavy atom. The minimum Gasteiger partial charge on any atom is -0.480 e. The Morgan fingerprint density at radius 1 is 1.16 bits per heavy atom. The van der Waals surface area contributed by atoms with E-state index in [1.807, 2.05) is 37.3 Å². The van der Waals surface area contributed by atoms with Gasteiger partial charge in [0.1, 0.15) is 12.2 Å². The zero-order valence-electron chi connectivity index (χ0n) is 14.6. The van der Waals surface area contributed by atoms with Crippen LogP contribution in [-0.4, -0.2) is 39.2 Å². The van der Waals surface area contributed by atoms with Crippen LogP contribution in [0.2, 0.25) is 0 Å². The van der Waals surface area contributed by atoms with Gasteiger partial charge in [-0.25, -0.2) is 0 Å². The van der Waals surface area contributed by atoms with Crippen LogP contribution < -0.4 is 0 Å². The molecule has 6 heteroatoms. The zero-order chi connectivity index (χ0) is 18.6. The molecule has 0 unspecified atom stereocenters. The topological polar surface area (TPSA) is 90.5 Å². The maximum atomic E-state index is 13.0. The van der Waals surface area contributed by atoms with Crippen molar-refractivity contribution in [3.63, 3.8) is 0 Å². The third kappa shape index (κ3) is 4.15. The minimum absolute atomic E-state index is 0.113. The highest BCUT2D eigenvalue weighted by molar-refractivity contribution is 6.03. The van der Waals surface area contributed by atoms with Gasteiger partial charge >= 0.3 is 5.97 Å². The summed E-state index contributed by atoms with van der Waals surface area (Å²) in [6.07, 6.45) is 0.507. The van der Waals surface area contributed by atoms with Gasteiger partial charge in [-0.1, -0.05) is 37.3 Å². The second-order valence-electron chi connectivity index (χ2n) is 5.93. The number of Topliss-reactive ketones (excluding diaryl/α,β-unsaturated/α-hetero) is 1. The monoisotopic (exact) mass is 342 g/mol. The second-order valence-corrected chi connectivity index (χ2v) is 5.93. The number of ketones is 1. The first-order valence-electron chi connectivity index (χ1n) is 8.12. The van der Waals surface area contributed by atoms with Crippen molar-refractivity contribution in [3.05, 3.63) is 58.4 Å². The molecular weight excluding hydrogens is 320 g/mol. The van der Waals surface area contributed by atoms with Gasteiger partial charge in [-0.05, 0) is 31.4 Å². The lowest BCUT2D eigenvalue weighted by Crippen LogP contribution is -2.36. The molecule has 2 N–H and O–H groups in total. The molecule has 0 saturated carbocycles. The van der Waals surface area contributed by atoms with Gasteiger partial charge in [0.25, 0.3) is 5.91 Å². The molecule has 6 nitrogen and oxygen atoms in total. The van der Waals surface area contributed by atoms with Crippen molar-refractivity contribution < 1.29 is 19.5 Å². The van der Waals surface area contributed by atoms with E-state index in [0.717, 1.165) is 5.56 Å². The third-order valence-corrected chi connectivity index (χ3v) is 4.04. The van der Waals surface area contributed by atoms with Crippen LogP contribution in [-0.2, 0) is 17.8 Å². The third-order valence-electron chi connectivity index (χ3n) is 4.04. The van der Waals surface area contributed by atoms with Crippen molar-refractivity contribution in [2.75, 3.05) is 6.54 Å². The van der Waals surface area contributed by atoms with Crippen LogP contribution in [0.4, 0.5) is 0 Å². The summed E-state index contributed by atoms with van der Waals surface area (Å²) in [4.78, 5) is 40.3. The number of benzene rings is 1. The summed E-state index contributed by atoms with van der Waals surface area (Å²) in [5.74, 6) is -1.62. The molecule has 0 saturated heterocycles. The summed E-state index contributed by atoms with van der Waals surface area (Å²) in [6, 6.07) is 9.20. The Hall–Kier alpha value is -2.89. The number of rotatable bonds is 7. The summed E-state index contributed by atoms with van der Waals surface area (Å²) in [5.41, 5.74) is 2.91. The summed E-state index contributed by atoms with van der Waals surface area (Å²) in [7, 11) is 0. The number of carboxylic acid groups (broad SMARTS) is 1. The standard InChI is InChI=1S/C19H22N2O4/c1-4-15-17(13(3)22)12(2)20-18(15)19(25)21(11-16(23)24)10-14-8-6-5-7-9-14/h5-9,20H,4,10-11H2,1-3H3,(H,23,24). The first-order chi connectivity index (χ1) is 11.8. The summed E-state index contributed by atoms with van der Waals surface area (Å²) >= 11 is 0. The van der Waals surface area contributed by atoms with Crippen molar-refractivity contribution >= 4 is 17.7 Å². The molecule has 0 aliphatic rings. The molecule has 1 aromatic heterocycles. The van der Waals surface area contributed by atoms with E-state index in [2.05, 4.69) is 4.98 Å².